The number of guanidine groups is 1. The number of benzene rings is 1. The van der Waals surface area contributed by atoms with Gasteiger partial charge >= 0.3 is 0 Å². The molecule has 37 heavy (non-hydrogen) atoms. The van der Waals surface area contributed by atoms with Gasteiger partial charge in [0.05, 0.1) is 24.0 Å². The lowest BCUT2D eigenvalue weighted by atomic mass is 9.89. The number of rotatable bonds is 5. The van der Waals surface area contributed by atoms with Crippen LogP contribution in [0.25, 0.3) is 0 Å². The Morgan fingerprint density at radius 3 is 2.54 bits per heavy atom. The fourth-order valence-corrected chi connectivity index (χ4v) is 6.31. The standard InChI is InChI=1S/C29H37N5O3/c1-27(2)15-21(35)34(26(30)33-27)24(17-10-9-13-31-16-17)22-23(29(22,5)6)25(36)32-19-14-28(3,4)37-20-12-8-7-11-18(19)20/h7-13,16,19,22-24H,14-15H2,1-6H3,(H2,30,33)(H,32,36)/t19-,22-,23-,24?/m0/s1. The third-order valence-electron chi connectivity index (χ3n) is 8.05. The number of ether oxygens (including phenoxy) is 1. The first kappa shape index (κ1) is 25.2. The summed E-state index contributed by atoms with van der Waals surface area (Å²) in [7, 11) is 0. The van der Waals surface area contributed by atoms with Crippen LogP contribution in [0, 0.1) is 17.3 Å². The molecule has 4 atom stereocenters. The summed E-state index contributed by atoms with van der Waals surface area (Å²) in [5, 5.41) is 3.32. The van der Waals surface area contributed by atoms with E-state index in [1.165, 1.54) is 0 Å². The van der Waals surface area contributed by atoms with Gasteiger partial charge in [-0.05, 0) is 50.8 Å². The van der Waals surface area contributed by atoms with Crippen molar-refractivity contribution in [3.05, 3.63) is 59.9 Å². The Morgan fingerprint density at radius 2 is 1.86 bits per heavy atom. The summed E-state index contributed by atoms with van der Waals surface area (Å²) < 4.78 is 6.16. The number of nitrogens with two attached hydrogens (primary N) is 1. The molecule has 3 heterocycles. The van der Waals surface area contributed by atoms with E-state index in [2.05, 4.69) is 29.1 Å². The number of amides is 2. The first-order valence-corrected chi connectivity index (χ1v) is 13.0. The van der Waals surface area contributed by atoms with Gasteiger partial charge in [-0.1, -0.05) is 38.1 Å². The summed E-state index contributed by atoms with van der Waals surface area (Å²) >= 11 is 0. The Hall–Kier alpha value is -3.42. The predicted molar refractivity (Wildman–Crippen MR) is 142 cm³/mol. The fourth-order valence-electron chi connectivity index (χ4n) is 6.31. The normalized spacial score (nSPS) is 27.8. The summed E-state index contributed by atoms with van der Waals surface area (Å²) in [6.45, 7) is 12.0. The molecule has 1 fully saturated rings. The molecule has 1 unspecified atom stereocenters. The molecule has 3 aliphatic rings. The second-order valence-corrected chi connectivity index (χ2v) is 12.4. The van der Waals surface area contributed by atoms with Crippen LogP contribution in [0.1, 0.15) is 77.6 Å². The summed E-state index contributed by atoms with van der Waals surface area (Å²) in [5.41, 5.74) is 6.92. The maximum atomic E-state index is 13.9. The number of hydrogen-bond acceptors (Lipinski definition) is 6. The summed E-state index contributed by atoms with van der Waals surface area (Å²) in [6.07, 6.45) is 4.37. The minimum atomic E-state index is -0.559. The van der Waals surface area contributed by atoms with Crippen molar-refractivity contribution in [2.45, 2.75) is 77.6 Å². The second-order valence-electron chi connectivity index (χ2n) is 12.4. The number of carbonyl (C=O) groups is 2. The highest BCUT2D eigenvalue weighted by molar-refractivity contribution is 5.99. The average molecular weight is 504 g/mol. The SMILES string of the molecule is CC1(C)CC(=O)N(C(c2cccnc2)[C@@H]2[C@@H](C(=O)N[C@H]3CC(C)(C)Oc4ccccc43)C2(C)C)C(N)=N1. The maximum Gasteiger partial charge on any atom is 0.232 e. The van der Waals surface area contributed by atoms with Gasteiger partial charge in [0.25, 0.3) is 0 Å². The number of carbonyl (C=O) groups excluding carboxylic acids is 2. The Balaban J connectivity index is 1.47. The van der Waals surface area contributed by atoms with E-state index in [0.29, 0.717) is 6.42 Å². The third kappa shape index (κ3) is 4.58. The fraction of sp³-hybridized carbons (Fsp3) is 0.517. The zero-order valence-corrected chi connectivity index (χ0v) is 22.5. The first-order chi connectivity index (χ1) is 17.3. The smallest absolute Gasteiger partial charge is 0.232 e. The second kappa shape index (κ2) is 8.57. The number of nitrogens with one attached hydrogen (secondary N) is 1. The average Bonchev–Trinajstić information content (AvgIpc) is 3.36. The highest BCUT2D eigenvalue weighted by atomic mass is 16.5. The van der Waals surface area contributed by atoms with Crippen LogP contribution in [-0.4, -0.2) is 38.8 Å². The van der Waals surface area contributed by atoms with Crippen molar-refractivity contribution in [1.29, 1.82) is 0 Å². The molecule has 1 aromatic carbocycles. The molecule has 0 radical (unpaired) electrons. The van der Waals surface area contributed by atoms with Gasteiger partial charge in [-0.15, -0.1) is 0 Å². The molecule has 8 heteroatoms. The summed E-state index contributed by atoms with van der Waals surface area (Å²) in [5.74, 6) is 0.409. The van der Waals surface area contributed by atoms with Gasteiger partial charge in [0.1, 0.15) is 11.4 Å². The molecule has 196 valence electrons. The van der Waals surface area contributed by atoms with Crippen molar-refractivity contribution in [1.82, 2.24) is 15.2 Å². The van der Waals surface area contributed by atoms with Gasteiger partial charge in [0, 0.05) is 36.2 Å². The molecule has 0 saturated heterocycles. The molecule has 0 bridgehead atoms. The van der Waals surface area contributed by atoms with Crippen LogP contribution in [0.4, 0.5) is 0 Å². The number of para-hydroxylation sites is 1. The van der Waals surface area contributed by atoms with Crippen molar-refractivity contribution in [2.75, 3.05) is 0 Å². The molecule has 1 saturated carbocycles. The van der Waals surface area contributed by atoms with Crippen LogP contribution in [0.2, 0.25) is 0 Å². The zero-order chi connectivity index (χ0) is 26.8. The molecular weight excluding hydrogens is 466 g/mol. The quantitative estimate of drug-likeness (QED) is 0.637. The molecule has 8 nitrogen and oxygen atoms in total. The first-order valence-electron chi connectivity index (χ1n) is 13.0. The number of pyridine rings is 1. The van der Waals surface area contributed by atoms with Crippen LogP contribution in [0.5, 0.6) is 5.75 Å². The molecule has 2 aliphatic heterocycles. The molecule has 1 aliphatic carbocycles. The van der Waals surface area contributed by atoms with Crippen LogP contribution >= 0.6 is 0 Å². The van der Waals surface area contributed by atoms with E-state index in [0.717, 1.165) is 16.9 Å². The summed E-state index contributed by atoms with van der Waals surface area (Å²) in [6, 6.07) is 11.1. The van der Waals surface area contributed by atoms with Gasteiger partial charge in [-0.25, -0.2) is 4.99 Å². The van der Waals surface area contributed by atoms with Crippen LogP contribution in [-0.2, 0) is 9.59 Å². The lowest BCUT2D eigenvalue weighted by Crippen LogP contribution is -2.52. The van der Waals surface area contributed by atoms with Gasteiger partial charge < -0.3 is 15.8 Å². The Kier molecular flexibility index (Phi) is 5.84. The van der Waals surface area contributed by atoms with Gasteiger partial charge in [0.15, 0.2) is 5.96 Å². The number of fused-ring (bicyclic) bond motifs is 1. The van der Waals surface area contributed by atoms with Crippen molar-refractivity contribution < 1.29 is 14.3 Å². The largest absolute Gasteiger partial charge is 0.487 e. The Bertz CT molecular complexity index is 1250. The van der Waals surface area contributed by atoms with Crippen LogP contribution < -0.4 is 15.8 Å². The van der Waals surface area contributed by atoms with Crippen LogP contribution in [0.15, 0.2) is 53.8 Å². The maximum absolute atomic E-state index is 13.9. The zero-order valence-electron chi connectivity index (χ0n) is 22.5. The number of hydrogen-bond donors (Lipinski definition) is 2. The lowest BCUT2D eigenvalue weighted by molar-refractivity contribution is -0.132. The Morgan fingerprint density at radius 1 is 1.14 bits per heavy atom. The third-order valence-corrected chi connectivity index (χ3v) is 8.05. The number of aliphatic imine (C=N–C) groups is 1. The van der Waals surface area contributed by atoms with Crippen molar-refractivity contribution in [2.24, 2.45) is 28.0 Å². The molecule has 2 aromatic rings. The van der Waals surface area contributed by atoms with Crippen LogP contribution in [0.3, 0.4) is 0 Å². The van der Waals surface area contributed by atoms with E-state index in [1.807, 2.05) is 64.1 Å². The van der Waals surface area contributed by atoms with E-state index in [-0.39, 0.29) is 47.5 Å². The molecule has 3 N–H and O–H groups in total. The highest BCUT2D eigenvalue weighted by Crippen LogP contribution is 2.65. The van der Waals surface area contributed by atoms with Gasteiger partial charge in [0.2, 0.25) is 11.8 Å². The number of nitrogens with zero attached hydrogens (tertiary/aromatic N) is 3. The molecule has 1 aromatic heterocycles. The molecule has 2 amide bonds. The van der Waals surface area contributed by atoms with Gasteiger partial charge in [-0.3, -0.25) is 19.5 Å². The molecular formula is C29H37N5O3. The van der Waals surface area contributed by atoms with E-state index in [1.54, 1.807) is 17.3 Å². The van der Waals surface area contributed by atoms with E-state index >= 15 is 0 Å². The van der Waals surface area contributed by atoms with E-state index in [9.17, 15) is 9.59 Å². The Labute approximate surface area is 218 Å². The minimum Gasteiger partial charge on any atom is -0.487 e. The highest BCUT2D eigenvalue weighted by Gasteiger charge is 2.67. The molecule has 5 rings (SSSR count). The predicted octanol–water partition coefficient (Wildman–Crippen LogP) is 4.14. The minimum absolute atomic E-state index is 0.0262. The van der Waals surface area contributed by atoms with Crippen molar-refractivity contribution in [3.63, 3.8) is 0 Å². The van der Waals surface area contributed by atoms with Crippen molar-refractivity contribution in [3.8, 4) is 5.75 Å². The number of aromatic nitrogens is 1. The van der Waals surface area contributed by atoms with Gasteiger partial charge in [-0.2, -0.15) is 0 Å². The van der Waals surface area contributed by atoms with E-state index < -0.39 is 17.2 Å². The molecule has 0 spiro atoms. The van der Waals surface area contributed by atoms with E-state index in [4.69, 9.17) is 10.5 Å². The monoisotopic (exact) mass is 503 g/mol. The topological polar surface area (TPSA) is 110 Å². The summed E-state index contributed by atoms with van der Waals surface area (Å²) in [4.78, 5) is 37.8. The lowest BCUT2D eigenvalue weighted by Gasteiger charge is -2.39. The van der Waals surface area contributed by atoms with Crippen molar-refractivity contribution >= 4 is 17.8 Å².